The van der Waals surface area contributed by atoms with Gasteiger partial charge in [-0.3, -0.25) is 0 Å². The fourth-order valence-corrected chi connectivity index (χ4v) is 2.71. The maximum absolute atomic E-state index is 9.30. The van der Waals surface area contributed by atoms with Gasteiger partial charge in [0.05, 0.1) is 12.3 Å². The molecule has 5 nitrogen and oxygen atoms in total. The number of imidazole rings is 1. The van der Waals surface area contributed by atoms with Crippen LogP contribution in [0.5, 0.6) is 0 Å². The zero-order chi connectivity index (χ0) is 16.5. The summed E-state index contributed by atoms with van der Waals surface area (Å²) >= 11 is 0. The topological polar surface area (TPSA) is 76.4 Å². The number of aliphatic hydroxyl groups is 1. The van der Waals surface area contributed by atoms with Crippen LogP contribution in [0.4, 0.5) is 5.82 Å². The van der Waals surface area contributed by atoms with Crippen molar-refractivity contribution in [2.24, 2.45) is 0 Å². The van der Waals surface area contributed by atoms with Crippen LogP contribution in [0.2, 0.25) is 0 Å². The minimum atomic E-state index is 0.0371. The van der Waals surface area contributed by atoms with E-state index in [-0.39, 0.29) is 6.61 Å². The van der Waals surface area contributed by atoms with Crippen LogP contribution in [0.25, 0.3) is 28.0 Å². The number of nitrogens with two attached hydrogens (primary N) is 1. The van der Waals surface area contributed by atoms with Gasteiger partial charge < -0.3 is 15.2 Å². The number of aliphatic hydroxyl groups excluding tert-OH is 1. The molecular weight excluding hydrogens is 300 g/mol. The number of pyridine rings is 2. The molecule has 0 radical (unpaired) electrons. The third kappa shape index (κ3) is 2.61. The molecule has 4 aromatic rings. The summed E-state index contributed by atoms with van der Waals surface area (Å²) in [6.45, 7) is 0.0371. The Labute approximate surface area is 139 Å². The lowest BCUT2D eigenvalue weighted by Crippen LogP contribution is -1.88. The summed E-state index contributed by atoms with van der Waals surface area (Å²) in [5.41, 5.74) is 11.3. The first-order valence-electron chi connectivity index (χ1n) is 7.64. The zero-order valence-corrected chi connectivity index (χ0v) is 12.9. The number of hydrogen-bond donors (Lipinski definition) is 2. The van der Waals surface area contributed by atoms with Gasteiger partial charge in [0.2, 0.25) is 0 Å². The minimum absolute atomic E-state index is 0.0371. The Morgan fingerprint density at radius 2 is 1.83 bits per heavy atom. The standard InChI is InChI=1S/C19H16N4O/c20-18-6-4-15(9-21-18)17-11-23-10-16(5-7-19(23)22-17)14-3-1-2-13(8-14)12-24/h1-11,24H,12H2,(H2,20,21). The van der Waals surface area contributed by atoms with E-state index in [0.29, 0.717) is 5.82 Å². The number of aromatic nitrogens is 3. The molecule has 5 heteroatoms. The van der Waals surface area contributed by atoms with Gasteiger partial charge in [0.15, 0.2) is 0 Å². The molecule has 3 heterocycles. The second-order valence-corrected chi connectivity index (χ2v) is 5.64. The Balaban J connectivity index is 1.76. The first-order valence-corrected chi connectivity index (χ1v) is 7.64. The SMILES string of the molecule is Nc1ccc(-c2cn3cc(-c4cccc(CO)c4)ccc3n2)cn1. The number of hydrogen-bond acceptors (Lipinski definition) is 4. The molecule has 4 rings (SSSR count). The van der Waals surface area contributed by atoms with Crippen molar-refractivity contribution in [3.05, 3.63) is 72.7 Å². The van der Waals surface area contributed by atoms with E-state index in [0.717, 1.165) is 33.6 Å². The minimum Gasteiger partial charge on any atom is -0.392 e. The van der Waals surface area contributed by atoms with Gasteiger partial charge in [0.25, 0.3) is 0 Å². The normalized spacial score (nSPS) is 11.0. The molecule has 118 valence electrons. The molecule has 0 spiro atoms. The monoisotopic (exact) mass is 316 g/mol. The van der Waals surface area contributed by atoms with Crippen molar-refractivity contribution in [2.75, 3.05) is 5.73 Å². The lowest BCUT2D eigenvalue weighted by molar-refractivity contribution is 0.282. The van der Waals surface area contributed by atoms with Crippen LogP contribution >= 0.6 is 0 Å². The molecule has 0 aliphatic heterocycles. The number of nitrogen functional groups attached to an aromatic ring is 1. The maximum Gasteiger partial charge on any atom is 0.137 e. The van der Waals surface area contributed by atoms with Crippen LogP contribution in [0.3, 0.4) is 0 Å². The van der Waals surface area contributed by atoms with Gasteiger partial charge in [0.1, 0.15) is 11.5 Å². The van der Waals surface area contributed by atoms with E-state index >= 15 is 0 Å². The van der Waals surface area contributed by atoms with Crippen molar-refractivity contribution < 1.29 is 5.11 Å². The van der Waals surface area contributed by atoms with Gasteiger partial charge in [0, 0.05) is 24.2 Å². The van der Waals surface area contributed by atoms with Crippen LogP contribution in [0.1, 0.15) is 5.56 Å². The van der Waals surface area contributed by atoms with E-state index < -0.39 is 0 Å². The van der Waals surface area contributed by atoms with Crippen molar-refractivity contribution >= 4 is 11.5 Å². The second-order valence-electron chi connectivity index (χ2n) is 5.64. The Hall–Kier alpha value is -3.18. The molecule has 24 heavy (non-hydrogen) atoms. The molecule has 0 saturated heterocycles. The third-order valence-electron chi connectivity index (χ3n) is 3.98. The molecule has 0 aliphatic rings. The van der Waals surface area contributed by atoms with E-state index in [1.54, 1.807) is 12.3 Å². The third-order valence-corrected chi connectivity index (χ3v) is 3.98. The quantitative estimate of drug-likeness (QED) is 0.609. The van der Waals surface area contributed by atoms with Gasteiger partial charge in [-0.1, -0.05) is 18.2 Å². The van der Waals surface area contributed by atoms with Gasteiger partial charge in [-0.15, -0.1) is 0 Å². The molecule has 3 aromatic heterocycles. The molecule has 0 saturated carbocycles. The molecular formula is C19H16N4O. The average Bonchev–Trinajstić information content (AvgIpc) is 3.05. The lowest BCUT2D eigenvalue weighted by Gasteiger charge is -2.04. The number of fused-ring (bicyclic) bond motifs is 1. The zero-order valence-electron chi connectivity index (χ0n) is 12.9. The Morgan fingerprint density at radius 3 is 2.62 bits per heavy atom. The summed E-state index contributed by atoms with van der Waals surface area (Å²) in [6, 6.07) is 15.6. The van der Waals surface area contributed by atoms with Crippen LogP contribution < -0.4 is 5.73 Å². The molecule has 0 atom stereocenters. The molecule has 0 aliphatic carbocycles. The number of nitrogens with zero attached hydrogens (tertiary/aromatic N) is 3. The summed E-state index contributed by atoms with van der Waals surface area (Å²) in [6.07, 6.45) is 5.73. The first-order chi connectivity index (χ1) is 11.7. The maximum atomic E-state index is 9.30. The van der Waals surface area contributed by atoms with E-state index in [2.05, 4.69) is 9.97 Å². The summed E-state index contributed by atoms with van der Waals surface area (Å²) in [7, 11) is 0. The Morgan fingerprint density at radius 1 is 0.958 bits per heavy atom. The van der Waals surface area contributed by atoms with Gasteiger partial charge in [-0.2, -0.15) is 0 Å². The van der Waals surface area contributed by atoms with Gasteiger partial charge >= 0.3 is 0 Å². The molecule has 0 amide bonds. The van der Waals surface area contributed by atoms with Crippen LogP contribution in [0, 0.1) is 0 Å². The predicted octanol–water partition coefficient (Wildman–Crippen LogP) is 3.14. The van der Waals surface area contributed by atoms with Crippen molar-refractivity contribution in [2.45, 2.75) is 6.61 Å². The van der Waals surface area contributed by atoms with Crippen molar-refractivity contribution in [1.82, 2.24) is 14.4 Å². The average molecular weight is 316 g/mol. The second kappa shape index (κ2) is 5.79. The van der Waals surface area contributed by atoms with E-state index in [4.69, 9.17) is 5.73 Å². The highest BCUT2D eigenvalue weighted by molar-refractivity contribution is 5.68. The molecule has 0 unspecified atom stereocenters. The Kier molecular flexibility index (Phi) is 3.48. The number of rotatable bonds is 3. The van der Waals surface area contributed by atoms with Gasteiger partial charge in [-0.05, 0) is 47.0 Å². The smallest absolute Gasteiger partial charge is 0.137 e. The van der Waals surface area contributed by atoms with Crippen molar-refractivity contribution in [1.29, 1.82) is 0 Å². The summed E-state index contributed by atoms with van der Waals surface area (Å²) in [4.78, 5) is 8.74. The summed E-state index contributed by atoms with van der Waals surface area (Å²) < 4.78 is 1.99. The summed E-state index contributed by atoms with van der Waals surface area (Å²) in [5.74, 6) is 0.494. The lowest BCUT2D eigenvalue weighted by atomic mass is 10.1. The molecule has 1 aromatic carbocycles. The summed E-state index contributed by atoms with van der Waals surface area (Å²) in [5, 5.41) is 9.30. The highest BCUT2D eigenvalue weighted by Crippen LogP contribution is 2.24. The fourth-order valence-electron chi connectivity index (χ4n) is 2.71. The number of benzene rings is 1. The first kappa shape index (κ1) is 14.4. The Bertz CT molecular complexity index is 1010. The van der Waals surface area contributed by atoms with E-state index in [1.807, 2.05) is 59.3 Å². The highest BCUT2D eigenvalue weighted by atomic mass is 16.3. The van der Waals surface area contributed by atoms with Crippen LogP contribution in [0.15, 0.2) is 67.1 Å². The van der Waals surface area contributed by atoms with Crippen molar-refractivity contribution in [3.63, 3.8) is 0 Å². The largest absolute Gasteiger partial charge is 0.392 e. The van der Waals surface area contributed by atoms with E-state index in [1.165, 1.54) is 0 Å². The fraction of sp³-hybridized carbons (Fsp3) is 0.0526. The molecule has 0 bridgehead atoms. The number of anilines is 1. The molecule has 3 N–H and O–H groups in total. The highest BCUT2D eigenvalue weighted by Gasteiger charge is 2.07. The van der Waals surface area contributed by atoms with Crippen LogP contribution in [-0.2, 0) is 6.61 Å². The van der Waals surface area contributed by atoms with Crippen molar-refractivity contribution in [3.8, 4) is 22.4 Å². The van der Waals surface area contributed by atoms with Gasteiger partial charge in [-0.25, -0.2) is 9.97 Å². The predicted molar refractivity (Wildman–Crippen MR) is 94.2 cm³/mol. The van der Waals surface area contributed by atoms with Crippen LogP contribution in [-0.4, -0.2) is 19.5 Å². The molecule has 0 fully saturated rings. The van der Waals surface area contributed by atoms with E-state index in [9.17, 15) is 5.11 Å².